The van der Waals surface area contributed by atoms with Crippen molar-refractivity contribution in [2.45, 2.75) is 13.6 Å². The van der Waals surface area contributed by atoms with Crippen molar-refractivity contribution in [3.63, 3.8) is 0 Å². The number of Topliss-reactive ketones (excluding diaryl/α,β-unsaturated/α-hetero) is 1. The highest BCUT2D eigenvalue weighted by molar-refractivity contribution is 5.94. The van der Waals surface area contributed by atoms with Crippen LogP contribution >= 0.6 is 0 Å². The first kappa shape index (κ1) is 19.1. The van der Waals surface area contributed by atoms with E-state index in [1.807, 2.05) is 35.2 Å². The number of hydrogen-bond donors (Lipinski definition) is 0. The second-order valence-corrected chi connectivity index (χ2v) is 7.01. The zero-order valence-electron chi connectivity index (χ0n) is 16.0. The molecule has 150 valence electrons. The van der Waals surface area contributed by atoms with Crippen molar-refractivity contribution >= 4 is 11.5 Å². The van der Waals surface area contributed by atoms with Gasteiger partial charge in [-0.15, -0.1) is 5.10 Å². The number of nitrogens with zero attached hydrogens (tertiary/aromatic N) is 4. The van der Waals surface area contributed by atoms with E-state index in [0.717, 1.165) is 5.56 Å². The van der Waals surface area contributed by atoms with Crippen LogP contribution in [0.3, 0.4) is 0 Å². The molecule has 0 spiro atoms. The van der Waals surface area contributed by atoms with E-state index in [2.05, 4.69) is 10.00 Å². The van der Waals surface area contributed by atoms with E-state index >= 15 is 0 Å². The summed E-state index contributed by atoms with van der Waals surface area (Å²) in [5.74, 6) is -0.765. The zero-order valence-corrected chi connectivity index (χ0v) is 16.0. The summed E-state index contributed by atoms with van der Waals surface area (Å²) in [4.78, 5) is 27.5. The van der Waals surface area contributed by atoms with Crippen molar-refractivity contribution in [3.8, 4) is 11.5 Å². The highest BCUT2D eigenvalue weighted by atomic mass is 19.1. The lowest BCUT2D eigenvalue weighted by atomic mass is 10.1. The second-order valence-electron chi connectivity index (χ2n) is 7.01. The summed E-state index contributed by atoms with van der Waals surface area (Å²) >= 11 is 0. The van der Waals surface area contributed by atoms with Gasteiger partial charge in [0, 0.05) is 37.3 Å². The zero-order chi connectivity index (χ0) is 20.4. The largest absolute Gasteiger partial charge is 0.438 e. The fourth-order valence-electron chi connectivity index (χ4n) is 3.39. The van der Waals surface area contributed by atoms with E-state index in [1.54, 1.807) is 12.1 Å². The van der Waals surface area contributed by atoms with Gasteiger partial charge in [-0.2, -0.15) is 4.68 Å². The van der Waals surface area contributed by atoms with Crippen LogP contribution in [0.15, 0.2) is 57.7 Å². The van der Waals surface area contributed by atoms with Crippen LogP contribution in [-0.4, -0.2) is 46.6 Å². The molecule has 0 bridgehead atoms. The van der Waals surface area contributed by atoms with Crippen molar-refractivity contribution in [3.05, 3.63) is 70.5 Å². The van der Waals surface area contributed by atoms with Gasteiger partial charge in [-0.25, -0.2) is 9.18 Å². The minimum absolute atomic E-state index is 0.159. The summed E-state index contributed by atoms with van der Waals surface area (Å²) in [6, 6.07) is 13.8. The van der Waals surface area contributed by atoms with Crippen molar-refractivity contribution in [2.75, 3.05) is 31.1 Å². The standard InChI is InChI=1S/C21H21FN4O3/c1-15(27)17-7-8-19(18(22)13-17)25-11-9-24(10-12-25)14-26-21(28)29-20(23-26)16-5-3-2-4-6-16/h2-8,13H,9-12,14H2,1H3. The van der Waals surface area contributed by atoms with Gasteiger partial charge in [0.05, 0.1) is 5.69 Å². The van der Waals surface area contributed by atoms with Crippen LogP contribution in [0.2, 0.25) is 0 Å². The van der Waals surface area contributed by atoms with Crippen LogP contribution in [0.1, 0.15) is 17.3 Å². The van der Waals surface area contributed by atoms with Gasteiger partial charge in [0.2, 0.25) is 5.89 Å². The van der Waals surface area contributed by atoms with Crippen molar-refractivity contribution in [2.24, 2.45) is 0 Å². The molecule has 1 aromatic heterocycles. The quantitative estimate of drug-likeness (QED) is 0.618. The molecule has 29 heavy (non-hydrogen) atoms. The molecule has 8 heteroatoms. The van der Waals surface area contributed by atoms with E-state index < -0.39 is 11.6 Å². The van der Waals surface area contributed by atoms with Crippen LogP contribution in [0.25, 0.3) is 11.5 Å². The molecule has 0 aliphatic carbocycles. The molecule has 0 N–H and O–H groups in total. The molecule has 1 aliphatic heterocycles. The molecule has 1 saturated heterocycles. The average Bonchev–Trinajstić information content (AvgIpc) is 3.09. The molecule has 0 unspecified atom stereocenters. The fourth-order valence-corrected chi connectivity index (χ4v) is 3.39. The van der Waals surface area contributed by atoms with Gasteiger partial charge in [0.1, 0.15) is 12.5 Å². The van der Waals surface area contributed by atoms with Gasteiger partial charge in [-0.05, 0) is 37.3 Å². The van der Waals surface area contributed by atoms with Crippen LogP contribution in [0.4, 0.5) is 10.1 Å². The number of aromatic nitrogens is 2. The maximum absolute atomic E-state index is 14.4. The van der Waals surface area contributed by atoms with Gasteiger partial charge in [-0.3, -0.25) is 9.69 Å². The summed E-state index contributed by atoms with van der Waals surface area (Å²) < 4.78 is 20.9. The predicted octanol–water partition coefficient (Wildman–Crippen LogP) is 2.62. The summed E-state index contributed by atoms with van der Waals surface area (Å²) in [6.07, 6.45) is 0. The molecule has 7 nitrogen and oxygen atoms in total. The lowest BCUT2D eigenvalue weighted by Crippen LogP contribution is -2.48. The Bertz CT molecular complexity index is 1070. The maximum atomic E-state index is 14.4. The molecule has 0 radical (unpaired) electrons. The van der Waals surface area contributed by atoms with Gasteiger partial charge >= 0.3 is 5.76 Å². The van der Waals surface area contributed by atoms with Crippen molar-refractivity contribution < 1.29 is 13.6 Å². The minimum Gasteiger partial charge on any atom is -0.388 e. The first-order valence-electron chi connectivity index (χ1n) is 9.42. The second kappa shape index (κ2) is 8.00. The van der Waals surface area contributed by atoms with Crippen LogP contribution < -0.4 is 10.7 Å². The lowest BCUT2D eigenvalue weighted by molar-refractivity contribution is 0.101. The molecule has 2 aromatic carbocycles. The van der Waals surface area contributed by atoms with Gasteiger partial charge < -0.3 is 9.32 Å². The third kappa shape index (κ3) is 4.12. The van der Waals surface area contributed by atoms with E-state index in [1.165, 1.54) is 17.7 Å². The van der Waals surface area contributed by atoms with Gasteiger partial charge in [-0.1, -0.05) is 18.2 Å². The highest BCUT2D eigenvalue weighted by Gasteiger charge is 2.21. The molecule has 0 atom stereocenters. The van der Waals surface area contributed by atoms with Crippen LogP contribution in [0, 0.1) is 5.82 Å². The third-order valence-corrected chi connectivity index (χ3v) is 5.03. The fraction of sp³-hybridized carbons (Fsp3) is 0.286. The predicted molar refractivity (Wildman–Crippen MR) is 106 cm³/mol. The van der Waals surface area contributed by atoms with E-state index in [9.17, 15) is 14.0 Å². The smallest absolute Gasteiger partial charge is 0.388 e. The SMILES string of the molecule is CC(=O)c1ccc(N2CCN(Cn3nc(-c4ccccc4)oc3=O)CC2)c(F)c1. The molecule has 4 rings (SSSR count). The number of piperazine rings is 1. The number of hydrogen-bond acceptors (Lipinski definition) is 6. The van der Waals surface area contributed by atoms with Crippen molar-refractivity contribution in [1.29, 1.82) is 0 Å². The maximum Gasteiger partial charge on any atom is 0.438 e. The number of rotatable bonds is 5. The first-order valence-corrected chi connectivity index (χ1v) is 9.42. The Labute approximate surface area is 167 Å². The Morgan fingerprint density at radius 2 is 1.83 bits per heavy atom. The minimum atomic E-state index is -0.503. The summed E-state index contributed by atoms with van der Waals surface area (Å²) in [7, 11) is 0. The molecular formula is C21H21FN4O3. The Hall–Kier alpha value is -3.26. The summed E-state index contributed by atoms with van der Waals surface area (Å²) in [5, 5.41) is 4.28. The Morgan fingerprint density at radius 1 is 1.10 bits per heavy atom. The first-order chi connectivity index (χ1) is 14.0. The van der Waals surface area contributed by atoms with Gasteiger partial charge in [0.15, 0.2) is 5.78 Å². The van der Waals surface area contributed by atoms with E-state index in [0.29, 0.717) is 50.0 Å². The lowest BCUT2D eigenvalue weighted by Gasteiger charge is -2.35. The third-order valence-electron chi connectivity index (χ3n) is 5.03. The number of benzene rings is 2. The molecule has 0 amide bonds. The number of anilines is 1. The summed E-state index contributed by atoms with van der Waals surface area (Å²) in [5.41, 5.74) is 1.60. The molecule has 1 aliphatic rings. The molecule has 2 heterocycles. The topological polar surface area (TPSA) is 71.6 Å². The normalized spacial score (nSPS) is 14.9. The molecule has 3 aromatic rings. The monoisotopic (exact) mass is 396 g/mol. The number of carbonyl (C=O) groups excluding carboxylic acids is 1. The van der Waals surface area contributed by atoms with Crippen LogP contribution in [-0.2, 0) is 6.67 Å². The Balaban J connectivity index is 1.40. The summed E-state index contributed by atoms with van der Waals surface area (Å²) in [6.45, 7) is 4.24. The molecular weight excluding hydrogens is 375 g/mol. The van der Waals surface area contributed by atoms with Crippen molar-refractivity contribution in [1.82, 2.24) is 14.7 Å². The van der Waals surface area contributed by atoms with E-state index in [4.69, 9.17) is 4.42 Å². The Morgan fingerprint density at radius 3 is 2.48 bits per heavy atom. The highest BCUT2D eigenvalue weighted by Crippen LogP contribution is 2.22. The Kier molecular flexibility index (Phi) is 5.26. The average molecular weight is 396 g/mol. The van der Waals surface area contributed by atoms with Gasteiger partial charge in [0.25, 0.3) is 0 Å². The van der Waals surface area contributed by atoms with E-state index in [-0.39, 0.29) is 5.78 Å². The number of ketones is 1. The molecule has 0 saturated carbocycles. The van der Waals surface area contributed by atoms with Crippen LogP contribution in [0.5, 0.6) is 0 Å². The number of carbonyl (C=O) groups is 1. The molecule has 1 fully saturated rings. The number of halogens is 1.